The van der Waals surface area contributed by atoms with Crippen molar-refractivity contribution >= 4 is 22.4 Å². The van der Waals surface area contributed by atoms with Crippen molar-refractivity contribution in [1.82, 2.24) is 20.0 Å². The summed E-state index contributed by atoms with van der Waals surface area (Å²) in [5.41, 5.74) is 7.00. The topological polar surface area (TPSA) is 123 Å². The van der Waals surface area contributed by atoms with E-state index in [9.17, 15) is 14.4 Å². The minimum atomic E-state index is -1.14. The van der Waals surface area contributed by atoms with Gasteiger partial charge in [0.25, 0.3) is 5.56 Å². The van der Waals surface area contributed by atoms with Crippen molar-refractivity contribution in [3.05, 3.63) is 62.9 Å². The van der Waals surface area contributed by atoms with Crippen LogP contribution in [0.4, 0.5) is 8.78 Å². The van der Waals surface area contributed by atoms with Crippen molar-refractivity contribution in [2.24, 2.45) is 12.8 Å². The van der Waals surface area contributed by atoms with Gasteiger partial charge in [0.2, 0.25) is 0 Å². The molecule has 2 aromatic heterocycles. The van der Waals surface area contributed by atoms with E-state index in [0.29, 0.717) is 27.6 Å². The van der Waals surface area contributed by atoms with E-state index in [2.05, 4.69) is 15.3 Å². The van der Waals surface area contributed by atoms with E-state index in [4.69, 9.17) is 22.1 Å². The number of ether oxygens (including phenoxy) is 1. The Morgan fingerprint density at radius 3 is 2.82 bits per heavy atom. The van der Waals surface area contributed by atoms with Crippen LogP contribution in [0.2, 0.25) is 5.02 Å². The molecule has 2 atom stereocenters. The van der Waals surface area contributed by atoms with Gasteiger partial charge < -0.3 is 10.5 Å². The first kappa shape index (κ1) is 22.0. The first-order valence-corrected chi connectivity index (χ1v) is 10.7. The minimum absolute atomic E-state index is 0.000799. The van der Waals surface area contributed by atoms with Gasteiger partial charge in [-0.15, -0.1) is 0 Å². The molecule has 172 valence electrons. The highest BCUT2D eigenvalue weighted by Gasteiger charge is 2.41. The molecule has 34 heavy (non-hydrogen) atoms. The van der Waals surface area contributed by atoms with E-state index in [-0.39, 0.29) is 46.1 Å². The molecule has 0 amide bonds. The van der Waals surface area contributed by atoms with Crippen LogP contribution in [0.15, 0.2) is 35.3 Å². The average molecular weight is 483 g/mol. The Morgan fingerprint density at radius 1 is 1.38 bits per heavy atom. The van der Waals surface area contributed by atoms with E-state index in [1.165, 1.54) is 16.9 Å². The number of nitrogens with two attached hydrogens (primary N) is 1. The van der Waals surface area contributed by atoms with Gasteiger partial charge >= 0.3 is 0 Å². The lowest BCUT2D eigenvalue weighted by molar-refractivity contribution is 0.260. The largest absolute Gasteiger partial charge is 0.486 e. The average Bonchev–Trinajstić information content (AvgIpc) is 3.39. The lowest BCUT2D eigenvalue weighted by Gasteiger charge is -2.15. The second kappa shape index (κ2) is 8.20. The molecular formula is C23H17ClF2N6O2. The summed E-state index contributed by atoms with van der Waals surface area (Å²) >= 11 is 6.14. The molecule has 1 fully saturated rings. The van der Waals surface area contributed by atoms with Crippen LogP contribution >= 0.6 is 11.6 Å². The van der Waals surface area contributed by atoms with Gasteiger partial charge in [0.05, 0.1) is 33.6 Å². The number of halogens is 3. The van der Waals surface area contributed by atoms with Gasteiger partial charge in [-0.2, -0.15) is 15.5 Å². The molecule has 2 heterocycles. The number of hydrogen-bond acceptors (Lipinski definition) is 6. The van der Waals surface area contributed by atoms with Gasteiger partial charge in [0.1, 0.15) is 29.7 Å². The van der Waals surface area contributed by atoms with Crippen LogP contribution in [-0.4, -0.2) is 32.3 Å². The first-order valence-electron chi connectivity index (χ1n) is 10.3. The molecule has 5 rings (SSSR count). The molecule has 0 unspecified atom stereocenters. The smallest absolute Gasteiger partial charge is 0.272 e. The normalized spacial score (nSPS) is 17.1. The molecule has 8 nitrogen and oxygen atoms in total. The van der Waals surface area contributed by atoms with Crippen molar-refractivity contribution < 1.29 is 13.5 Å². The maximum absolute atomic E-state index is 15.4. The van der Waals surface area contributed by atoms with Gasteiger partial charge in [0.15, 0.2) is 5.82 Å². The van der Waals surface area contributed by atoms with Crippen LogP contribution in [0.5, 0.6) is 5.75 Å². The quantitative estimate of drug-likeness (QED) is 0.448. The van der Waals surface area contributed by atoms with E-state index in [1.807, 2.05) is 6.07 Å². The molecule has 0 saturated heterocycles. The maximum atomic E-state index is 15.4. The van der Waals surface area contributed by atoms with Crippen LogP contribution in [0.3, 0.4) is 0 Å². The molecule has 1 saturated carbocycles. The molecule has 0 aliphatic heterocycles. The summed E-state index contributed by atoms with van der Waals surface area (Å²) in [5, 5.41) is 21.2. The number of aromatic nitrogens is 4. The summed E-state index contributed by atoms with van der Waals surface area (Å²) in [7, 11) is 1.60. The molecule has 2 aromatic carbocycles. The number of alkyl halides is 1. The monoisotopic (exact) mass is 482 g/mol. The number of fused-ring (bicyclic) bond motifs is 1. The number of hydrogen-bond donors (Lipinski definition) is 2. The van der Waals surface area contributed by atoms with Crippen LogP contribution in [0.1, 0.15) is 17.7 Å². The number of nitrogens with one attached hydrogen (secondary N) is 1. The van der Waals surface area contributed by atoms with Gasteiger partial charge in [-0.3, -0.25) is 9.48 Å². The third kappa shape index (κ3) is 3.50. The van der Waals surface area contributed by atoms with Gasteiger partial charge in [-0.25, -0.2) is 13.9 Å². The molecule has 0 bridgehead atoms. The van der Waals surface area contributed by atoms with Crippen LogP contribution in [0, 0.1) is 17.1 Å². The van der Waals surface area contributed by atoms with Crippen molar-refractivity contribution in [3.63, 3.8) is 0 Å². The zero-order valence-electron chi connectivity index (χ0n) is 17.8. The molecule has 1 aliphatic carbocycles. The summed E-state index contributed by atoms with van der Waals surface area (Å²) in [6.07, 6.45) is -0.134. The highest BCUT2D eigenvalue weighted by Crippen LogP contribution is 2.43. The van der Waals surface area contributed by atoms with Crippen molar-refractivity contribution in [2.45, 2.75) is 25.2 Å². The zero-order chi connectivity index (χ0) is 24.1. The predicted octanol–water partition coefficient (Wildman–Crippen LogP) is 3.60. The van der Waals surface area contributed by atoms with E-state index in [1.54, 1.807) is 25.2 Å². The van der Waals surface area contributed by atoms with Crippen LogP contribution in [-0.2, 0) is 13.6 Å². The number of aryl methyl sites for hydroxylation is 1. The number of benzene rings is 2. The summed E-state index contributed by atoms with van der Waals surface area (Å²) in [6, 6.07) is 8.16. The van der Waals surface area contributed by atoms with Gasteiger partial charge in [0, 0.05) is 37.0 Å². The third-order valence-corrected chi connectivity index (χ3v) is 6.05. The second-order valence-electron chi connectivity index (χ2n) is 7.93. The second-order valence-corrected chi connectivity index (χ2v) is 8.34. The number of nitriles is 1. The molecule has 0 spiro atoms. The Bertz CT molecular complexity index is 1560. The Labute approximate surface area is 196 Å². The minimum Gasteiger partial charge on any atom is -0.486 e. The highest BCUT2D eigenvalue weighted by atomic mass is 35.5. The van der Waals surface area contributed by atoms with Crippen LogP contribution < -0.4 is 16.0 Å². The van der Waals surface area contributed by atoms with Crippen molar-refractivity contribution in [1.29, 1.82) is 5.26 Å². The lowest BCUT2D eigenvalue weighted by Crippen LogP contribution is -2.13. The molecular weight excluding hydrogens is 466 g/mol. The number of H-pyrrole nitrogens is 1. The van der Waals surface area contributed by atoms with E-state index >= 15 is 4.39 Å². The molecule has 1 aliphatic rings. The predicted molar refractivity (Wildman–Crippen MR) is 122 cm³/mol. The number of nitrogens with zero attached hydrogens (tertiary/aromatic N) is 4. The summed E-state index contributed by atoms with van der Waals surface area (Å²) < 4.78 is 35.8. The van der Waals surface area contributed by atoms with E-state index in [0.717, 1.165) is 0 Å². The number of aromatic amines is 1. The van der Waals surface area contributed by atoms with E-state index < -0.39 is 18.1 Å². The first-order chi connectivity index (χ1) is 16.3. The Kier molecular flexibility index (Phi) is 5.31. The molecule has 4 aromatic rings. The Morgan fingerprint density at radius 2 is 2.15 bits per heavy atom. The fourth-order valence-corrected chi connectivity index (χ4v) is 4.14. The van der Waals surface area contributed by atoms with Crippen molar-refractivity contribution in [3.8, 4) is 34.2 Å². The zero-order valence-corrected chi connectivity index (χ0v) is 18.5. The van der Waals surface area contributed by atoms with Gasteiger partial charge in [-0.1, -0.05) is 17.7 Å². The SMILES string of the molecule is Cn1ncc(-c2ccc3c(=O)[nH]nc(CN)c3c2)c1-c1c(F)c(Cl)cc(O[C@H]2C[C@H]2F)c1C#N. The fourth-order valence-electron chi connectivity index (χ4n) is 3.95. The summed E-state index contributed by atoms with van der Waals surface area (Å²) in [4.78, 5) is 12.2. The third-order valence-electron chi connectivity index (χ3n) is 5.78. The Balaban J connectivity index is 1.74. The molecule has 0 radical (unpaired) electrons. The highest BCUT2D eigenvalue weighted by molar-refractivity contribution is 6.31. The summed E-state index contributed by atoms with van der Waals surface area (Å²) in [5.74, 6) is -0.828. The van der Waals surface area contributed by atoms with Crippen LogP contribution in [0.25, 0.3) is 33.2 Å². The summed E-state index contributed by atoms with van der Waals surface area (Å²) in [6.45, 7) is 0.0928. The maximum Gasteiger partial charge on any atom is 0.272 e. The lowest BCUT2D eigenvalue weighted by atomic mass is 9.95. The standard InChI is InChI=1S/C23H17ClF2N6O2/c1-32-22(20-13(7-27)18(5-15(24)21(20)26)34-19-6-16(19)25)14(9-29-32)10-2-3-11-12(4-10)17(8-28)30-31-23(11)33/h2-5,9,16,19H,6,8,28H2,1H3,(H,31,33)/t16-,19+/m1/s1. The fraction of sp³-hybridized carbons (Fsp3) is 0.217. The van der Waals surface area contributed by atoms with Crippen molar-refractivity contribution in [2.75, 3.05) is 0 Å². The number of rotatable bonds is 5. The Hall–Kier alpha value is -3.81. The molecule has 11 heteroatoms. The molecule has 3 N–H and O–H groups in total. The van der Waals surface area contributed by atoms with Gasteiger partial charge in [-0.05, 0) is 17.7 Å².